The molecule has 10 nitrogen and oxygen atoms in total. The number of hydrogen-bond donors (Lipinski definition) is 2. The Morgan fingerprint density at radius 2 is 1.95 bits per heavy atom. The van der Waals surface area contributed by atoms with Gasteiger partial charge in [-0.3, -0.25) is 14.4 Å². The number of amides is 3. The van der Waals surface area contributed by atoms with E-state index in [-0.39, 0.29) is 24.1 Å². The van der Waals surface area contributed by atoms with Gasteiger partial charge >= 0.3 is 0 Å². The number of aliphatic hydroxyl groups excluding tert-OH is 1. The van der Waals surface area contributed by atoms with Gasteiger partial charge in [0.05, 0.1) is 37.0 Å². The van der Waals surface area contributed by atoms with Crippen molar-refractivity contribution in [3.8, 4) is 0 Å². The number of halogens is 1. The second-order valence-electron chi connectivity index (χ2n) is 8.59. The van der Waals surface area contributed by atoms with Crippen molar-refractivity contribution >= 4 is 46.4 Å². The van der Waals surface area contributed by atoms with Gasteiger partial charge in [-0.05, 0) is 42.3 Å². The average Bonchev–Trinajstić information content (AvgIpc) is 2.92. The minimum Gasteiger partial charge on any atom is -0.380 e. The second-order valence-corrected chi connectivity index (χ2v) is 9.00. The summed E-state index contributed by atoms with van der Waals surface area (Å²) in [6, 6.07) is 9.51. The molecule has 0 bridgehead atoms. The van der Waals surface area contributed by atoms with Gasteiger partial charge in [-0.25, -0.2) is 4.85 Å². The lowest BCUT2D eigenvalue weighted by Crippen LogP contribution is -2.55. The number of carbonyl (C=O) groups is 3. The molecule has 0 spiro atoms. The normalized spacial score (nSPS) is 18.8. The highest BCUT2D eigenvalue weighted by Crippen LogP contribution is 2.28. The first-order chi connectivity index (χ1) is 17.8. The maximum atomic E-state index is 13.2. The maximum absolute atomic E-state index is 13.2. The molecule has 2 aliphatic rings. The number of benzene rings is 2. The zero-order chi connectivity index (χ0) is 26.5. The molecule has 2 aromatic carbocycles. The Kier molecular flexibility index (Phi) is 8.41. The predicted octanol–water partition coefficient (Wildman–Crippen LogP) is 2.66. The number of nitrogens with zero attached hydrogens (tertiary/aromatic N) is 3. The molecule has 0 aliphatic carbocycles. The molecule has 2 saturated heterocycles. The number of aliphatic hydroxyl groups is 1. The molecule has 2 fully saturated rings. The van der Waals surface area contributed by atoms with Gasteiger partial charge < -0.3 is 29.7 Å². The third-order valence-corrected chi connectivity index (χ3v) is 6.63. The number of nitrogens with one attached hydrogen (secondary N) is 1. The molecule has 2 N–H and O–H groups in total. The molecule has 2 aromatic rings. The van der Waals surface area contributed by atoms with Crippen LogP contribution in [-0.4, -0.2) is 79.4 Å². The van der Waals surface area contributed by atoms with Gasteiger partial charge in [0.15, 0.2) is 17.9 Å². The molecule has 194 valence electrons. The van der Waals surface area contributed by atoms with E-state index >= 15 is 0 Å². The molecule has 0 aromatic heterocycles. The van der Waals surface area contributed by atoms with E-state index in [0.717, 1.165) is 5.56 Å². The molecule has 4 rings (SSSR count). The Bertz CT molecular complexity index is 1240. The first kappa shape index (κ1) is 26.6. The highest BCUT2D eigenvalue weighted by molar-refractivity contribution is 6.34. The van der Waals surface area contributed by atoms with Crippen LogP contribution in [0.1, 0.15) is 22.8 Å². The molecule has 2 atom stereocenters. The first-order valence-corrected chi connectivity index (χ1v) is 12.3. The molecule has 0 unspecified atom stereocenters. The molecule has 11 heteroatoms. The van der Waals surface area contributed by atoms with E-state index in [1.165, 1.54) is 11.0 Å². The van der Waals surface area contributed by atoms with Gasteiger partial charge in [-0.1, -0.05) is 24.6 Å². The summed E-state index contributed by atoms with van der Waals surface area (Å²) in [5.74, 6) is -1.62. The van der Waals surface area contributed by atoms with E-state index in [0.29, 0.717) is 55.3 Å². The zero-order valence-corrected chi connectivity index (χ0v) is 21.0. The van der Waals surface area contributed by atoms with Crippen molar-refractivity contribution in [2.45, 2.75) is 25.6 Å². The Morgan fingerprint density at radius 3 is 2.62 bits per heavy atom. The van der Waals surface area contributed by atoms with Crippen molar-refractivity contribution < 1.29 is 29.0 Å². The van der Waals surface area contributed by atoms with Crippen molar-refractivity contribution in [2.24, 2.45) is 0 Å². The third kappa shape index (κ3) is 5.76. The van der Waals surface area contributed by atoms with Gasteiger partial charge in [-0.2, -0.15) is 0 Å². The largest absolute Gasteiger partial charge is 0.380 e. The number of anilines is 2. The van der Waals surface area contributed by atoms with Crippen molar-refractivity contribution in [3.05, 3.63) is 64.0 Å². The van der Waals surface area contributed by atoms with E-state index in [9.17, 15) is 19.5 Å². The fraction of sp³-hybridized carbons (Fsp3) is 0.385. The summed E-state index contributed by atoms with van der Waals surface area (Å²) in [4.78, 5) is 45.2. The second kappa shape index (κ2) is 11.7. The number of rotatable bonds is 6. The molecule has 2 aliphatic heterocycles. The summed E-state index contributed by atoms with van der Waals surface area (Å²) in [5, 5.41) is 13.4. The Morgan fingerprint density at radius 1 is 1.19 bits per heavy atom. The summed E-state index contributed by atoms with van der Waals surface area (Å²) < 4.78 is 10.8. The molecular formula is C26H27ClN4O6. The Hall–Kier alpha value is -3.49. The van der Waals surface area contributed by atoms with Crippen LogP contribution < -0.4 is 10.2 Å². The van der Waals surface area contributed by atoms with Crippen molar-refractivity contribution in [1.82, 2.24) is 4.90 Å². The van der Waals surface area contributed by atoms with Crippen LogP contribution in [0.25, 0.3) is 4.85 Å². The molecule has 0 radical (unpaired) electrons. The van der Waals surface area contributed by atoms with Gasteiger partial charge in [0, 0.05) is 31.0 Å². The van der Waals surface area contributed by atoms with Crippen LogP contribution in [0.2, 0.25) is 5.02 Å². The molecular weight excluding hydrogens is 500 g/mol. The fourth-order valence-electron chi connectivity index (χ4n) is 4.28. The summed E-state index contributed by atoms with van der Waals surface area (Å²) >= 11 is 6.42. The monoisotopic (exact) mass is 526 g/mol. The third-order valence-electron chi connectivity index (χ3n) is 6.32. The molecule has 37 heavy (non-hydrogen) atoms. The average molecular weight is 527 g/mol. The van der Waals surface area contributed by atoms with E-state index in [1.807, 2.05) is 6.92 Å². The van der Waals surface area contributed by atoms with E-state index in [4.69, 9.17) is 27.6 Å². The number of aryl methyl sites for hydroxylation is 1. The smallest absolute Gasteiger partial charge is 0.259 e. The van der Waals surface area contributed by atoms with Crippen molar-refractivity contribution in [1.29, 1.82) is 0 Å². The van der Waals surface area contributed by atoms with E-state index in [1.54, 1.807) is 35.2 Å². The highest BCUT2D eigenvalue weighted by atomic mass is 35.5. The standard InChI is InChI=1S/C26H27ClN4O6/c1-3-16-14-17(4-7-21(16)28-2)29-24(33)22(32)23-26(35)31(10-13-37-23)18-5-6-19(20(27)15-18)25(34)30-8-11-36-12-9-30/h4-7,14-15,22-23,32H,3,8-13H2,1H3,(H,29,33)/t22-,23-/m1/s1. The SMILES string of the molecule is [C-]#[N+]c1ccc(NC(=O)[C@H](O)[C@H]2OCCN(c3ccc(C(=O)N4CCOCC4)c(Cl)c3)C2=O)cc1CC. The number of hydrogen-bond acceptors (Lipinski definition) is 6. The quantitative estimate of drug-likeness (QED) is 0.560. The fourth-order valence-corrected chi connectivity index (χ4v) is 4.54. The van der Waals surface area contributed by atoms with Gasteiger partial charge in [-0.15, -0.1) is 0 Å². The van der Waals surface area contributed by atoms with E-state index in [2.05, 4.69) is 10.2 Å². The minimum absolute atomic E-state index is 0.0898. The van der Waals surface area contributed by atoms with Crippen molar-refractivity contribution in [2.75, 3.05) is 49.7 Å². The van der Waals surface area contributed by atoms with Crippen LogP contribution in [0.4, 0.5) is 17.1 Å². The lowest BCUT2D eigenvalue weighted by molar-refractivity contribution is -0.150. The highest BCUT2D eigenvalue weighted by Gasteiger charge is 2.39. The maximum Gasteiger partial charge on any atom is 0.259 e. The number of ether oxygens (including phenoxy) is 2. The molecule has 2 heterocycles. The molecule has 3 amide bonds. The molecule has 0 saturated carbocycles. The minimum atomic E-state index is -1.77. The predicted molar refractivity (Wildman–Crippen MR) is 137 cm³/mol. The van der Waals surface area contributed by atoms with Crippen LogP contribution >= 0.6 is 11.6 Å². The van der Waals surface area contributed by atoms with Crippen LogP contribution in [0.3, 0.4) is 0 Å². The van der Waals surface area contributed by atoms with Crippen LogP contribution in [0, 0.1) is 6.57 Å². The topological polar surface area (TPSA) is 113 Å². The zero-order valence-electron chi connectivity index (χ0n) is 20.3. The Balaban J connectivity index is 1.46. The first-order valence-electron chi connectivity index (χ1n) is 11.9. The summed E-state index contributed by atoms with van der Waals surface area (Å²) in [6.07, 6.45) is -2.59. The van der Waals surface area contributed by atoms with Crippen LogP contribution in [-0.2, 0) is 25.5 Å². The van der Waals surface area contributed by atoms with Crippen LogP contribution in [0.15, 0.2) is 36.4 Å². The number of carbonyl (C=O) groups excluding carboxylic acids is 3. The van der Waals surface area contributed by atoms with Gasteiger partial charge in [0.25, 0.3) is 17.7 Å². The number of morpholine rings is 2. The van der Waals surface area contributed by atoms with Gasteiger partial charge in [0.1, 0.15) is 0 Å². The lowest BCUT2D eigenvalue weighted by atomic mass is 10.1. The van der Waals surface area contributed by atoms with E-state index < -0.39 is 24.0 Å². The summed E-state index contributed by atoms with van der Waals surface area (Å²) in [6.45, 7) is 11.3. The van der Waals surface area contributed by atoms with Crippen molar-refractivity contribution in [3.63, 3.8) is 0 Å². The summed E-state index contributed by atoms with van der Waals surface area (Å²) in [7, 11) is 0. The summed E-state index contributed by atoms with van der Waals surface area (Å²) in [5.41, 5.74) is 2.39. The Labute approximate surface area is 219 Å². The lowest BCUT2D eigenvalue weighted by Gasteiger charge is -2.34. The van der Waals surface area contributed by atoms with Crippen LogP contribution in [0.5, 0.6) is 0 Å². The van der Waals surface area contributed by atoms with Gasteiger partial charge in [0.2, 0.25) is 0 Å².